The maximum absolute atomic E-state index is 13.8. The monoisotopic (exact) mass is 896 g/mol. The molecule has 18 nitrogen and oxygen atoms in total. The number of unbranched alkanes of at least 4 members (excludes halogenated alkanes) is 1. The largest absolute Gasteiger partial charge is 0.444 e. The Bertz CT molecular complexity index is 2380. The number of carbonyl (C=O) groups is 4. The van der Waals surface area contributed by atoms with Crippen molar-refractivity contribution in [2.24, 2.45) is 12.8 Å². The van der Waals surface area contributed by atoms with Gasteiger partial charge in [-0.3, -0.25) is 33.7 Å². The number of aryl methyl sites for hydroxylation is 2. The van der Waals surface area contributed by atoms with Gasteiger partial charge in [0.25, 0.3) is 0 Å². The number of amides is 4. The van der Waals surface area contributed by atoms with E-state index in [4.69, 9.17) is 15.5 Å². The van der Waals surface area contributed by atoms with Crippen LogP contribution >= 0.6 is 0 Å². The molecular formula is C47H65N11O7. The Labute approximate surface area is 379 Å². The van der Waals surface area contributed by atoms with Gasteiger partial charge in [0.2, 0.25) is 17.7 Å². The maximum atomic E-state index is 13.8. The third kappa shape index (κ3) is 11.9. The predicted octanol–water partition coefficient (Wildman–Crippen LogP) is 4.35. The number of para-hydroxylation sites is 1. The Balaban J connectivity index is 0.941. The molecule has 4 aromatic rings. The fraction of sp³-hybridized carbons (Fsp3) is 0.553. The molecule has 5 heterocycles. The topological polar surface area (TPSA) is 222 Å². The first-order chi connectivity index (χ1) is 31.1. The Kier molecular flexibility index (Phi) is 15.2. The number of piperidine rings is 3. The van der Waals surface area contributed by atoms with Crippen LogP contribution in [0.1, 0.15) is 114 Å². The van der Waals surface area contributed by atoms with Crippen molar-refractivity contribution in [2.45, 2.75) is 109 Å². The Morgan fingerprint density at radius 2 is 1.72 bits per heavy atom. The minimum absolute atomic E-state index is 0.0422. The lowest BCUT2D eigenvalue weighted by Crippen LogP contribution is -2.46. The smallest absolute Gasteiger partial charge is 0.407 e. The van der Waals surface area contributed by atoms with Crippen LogP contribution < -0.4 is 32.3 Å². The number of aromatic nitrogens is 4. The number of carbonyl (C=O) groups excluding carboxylic acids is 4. The van der Waals surface area contributed by atoms with Gasteiger partial charge in [-0.2, -0.15) is 0 Å². The van der Waals surface area contributed by atoms with E-state index < -0.39 is 29.9 Å². The molecule has 0 spiro atoms. The number of ether oxygens (including phenoxy) is 1. The zero-order valence-corrected chi connectivity index (χ0v) is 38.2. The molecule has 0 saturated carbocycles. The number of fused-ring (bicyclic) bond motifs is 1. The quantitative estimate of drug-likeness (QED) is 0.0601. The molecule has 350 valence electrons. The summed E-state index contributed by atoms with van der Waals surface area (Å²) in [5, 5.41) is 18.7. The van der Waals surface area contributed by atoms with E-state index in [1.54, 1.807) is 17.8 Å². The van der Waals surface area contributed by atoms with Crippen molar-refractivity contribution in [3.8, 4) is 0 Å². The first-order valence-corrected chi connectivity index (χ1v) is 23.1. The predicted molar refractivity (Wildman–Crippen MR) is 248 cm³/mol. The summed E-state index contributed by atoms with van der Waals surface area (Å²) in [7, 11) is 1.70. The van der Waals surface area contributed by atoms with Crippen LogP contribution in [0, 0.1) is 0 Å². The lowest BCUT2D eigenvalue weighted by atomic mass is 9.89. The van der Waals surface area contributed by atoms with Crippen LogP contribution in [-0.2, 0) is 32.6 Å². The third-order valence-electron chi connectivity index (χ3n) is 12.6. The molecule has 65 heavy (non-hydrogen) atoms. The van der Waals surface area contributed by atoms with Crippen molar-refractivity contribution in [1.82, 2.24) is 39.5 Å². The summed E-state index contributed by atoms with van der Waals surface area (Å²) in [6.07, 6.45) is 7.61. The number of hydrogen-bond donors (Lipinski definition) is 5. The van der Waals surface area contributed by atoms with E-state index in [2.05, 4.69) is 42.9 Å². The number of likely N-dealkylation sites (tertiary alicyclic amines) is 1. The second-order valence-corrected chi connectivity index (χ2v) is 18.5. The average Bonchev–Trinajstić information content (AvgIpc) is 3.53. The van der Waals surface area contributed by atoms with Crippen molar-refractivity contribution in [3.63, 3.8) is 0 Å². The number of rotatable bonds is 16. The molecule has 0 radical (unpaired) electrons. The van der Waals surface area contributed by atoms with Crippen LogP contribution in [-0.4, -0.2) is 116 Å². The molecule has 3 saturated heterocycles. The van der Waals surface area contributed by atoms with Crippen molar-refractivity contribution in [1.29, 1.82) is 0 Å². The molecule has 4 amide bonds. The van der Waals surface area contributed by atoms with Gasteiger partial charge in [-0.25, -0.2) is 19.6 Å². The molecule has 2 atom stereocenters. The highest BCUT2D eigenvalue weighted by Crippen LogP contribution is 2.31. The highest BCUT2D eigenvalue weighted by atomic mass is 16.6. The summed E-state index contributed by atoms with van der Waals surface area (Å²) in [5.41, 5.74) is 9.59. The van der Waals surface area contributed by atoms with Gasteiger partial charge in [0, 0.05) is 58.4 Å². The summed E-state index contributed by atoms with van der Waals surface area (Å²) in [6.45, 7) is 10.1. The van der Waals surface area contributed by atoms with Gasteiger partial charge in [-0.15, -0.1) is 0 Å². The van der Waals surface area contributed by atoms with E-state index in [0.29, 0.717) is 50.5 Å². The summed E-state index contributed by atoms with van der Waals surface area (Å²) < 4.78 is 8.51. The number of benzene rings is 2. The van der Waals surface area contributed by atoms with E-state index in [9.17, 15) is 29.1 Å². The maximum Gasteiger partial charge on any atom is 0.407 e. The van der Waals surface area contributed by atoms with E-state index in [1.165, 1.54) is 16.6 Å². The van der Waals surface area contributed by atoms with Gasteiger partial charge in [0.15, 0.2) is 5.82 Å². The lowest BCUT2D eigenvalue weighted by Gasteiger charge is -2.34. The number of imide groups is 1. The molecule has 7 rings (SSSR count). The highest BCUT2D eigenvalue weighted by molar-refractivity contribution is 6.00. The number of alkyl carbamates (subject to hydrolysis) is 1. The van der Waals surface area contributed by atoms with Gasteiger partial charge in [-0.05, 0) is 120 Å². The average molecular weight is 896 g/mol. The zero-order valence-electron chi connectivity index (χ0n) is 38.2. The van der Waals surface area contributed by atoms with Gasteiger partial charge < -0.3 is 36.0 Å². The normalized spacial score (nSPS) is 17.9. The molecule has 3 fully saturated rings. The number of nitrogens with two attached hydrogens (primary N) is 1. The first-order valence-electron chi connectivity index (χ1n) is 23.1. The zero-order chi connectivity index (χ0) is 46.3. The van der Waals surface area contributed by atoms with Crippen LogP contribution in [0.3, 0.4) is 0 Å². The number of aliphatic hydroxyl groups excluding tert-OH is 1. The van der Waals surface area contributed by atoms with E-state index >= 15 is 0 Å². The Morgan fingerprint density at radius 3 is 2.42 bits per heavy atom. The first kappa shape index (κ1) is 47.1. The van der Waals surface area contributed by atoms with E-state index in [-0.39, 0.29) is 48.5 Å². The van der Waals surface area contributed by atoms with Gasteiger partial charge in [0.1, 0.15) is 29.4 Å². The molecule has 18 heteroatoms. The molecule has 2 unspecified atom stereocenters. The minimum Gasteiger partial charge on any atom is -0.444 e. The third-order valence-corrected chi connectivity index (χ3v) is 12.6. The Morgan fingerprint density at radius 1 is 0.985 bits per heavy atom. The fourth-order valence-corrected chi connectivity index (χ4v) is 9.20. The van der Waals surface area contributed by atoms with Crippen LogP contribution in [0.5, 0.6) is 0 Å². The summed E-state index contributed by atoms with van der Waals surface area (Å²) in [6, 6.07) is 13.2. The second kappa shape index (κ2) is 21.0. The summed E-state index contributed by atoms with van der Waals surface area (Å²) >= 11 is 0. The summed E-state index contributed by atoms with van der Waals surface area (Å²) in [5.74, 6) is 0.725. The van der Waals surface area contributed by atoms with Crippen molar-refractivity contribution in [2.75, 3.05) is 62.6 Å². The van der Waals surface area contributed by atoms with Crippen molar-refractivity contribution < 1.29 is 29.0 Å². The molecular weight excluding hydrogens is 831 g/mol. The molecule has 3 aliphatic rings. The standard InChI is InChI=1S/C47H65N11O7/c1-47(2,3)65-45(63)49-22-28-55(23-9-6-11-33-12-10-13-35-41(33)54(4)46(64)58(35)36-18-19-38(59)53-44(36)62)30-39(60)57-26-20-32(21-27-57)31-14-16-34(17-15-31)51-43-40(42(48)61)50-29-37(52-43)56-24-7-5-8-25-56/h10,12-17,29,32,36,42,61H,5-9,11,18-28,30,48H2,1-4H3,(H,49,63)(H,51,52)(H,53,59,62). The summed E-state index contributed by atoms with van der Waals surface area (Å²) in [4.78, 5) is 79.8. The van der Waals surface area contributed by atoms with Crippen LogP contribution in [0.2, 0.25) is 0 Å². The number of nitrogens with zero attached hydrogens (tertiary/aromatic N) is 7. The second-order valence-electron chi connectivity index (χ2n) is 18.5. The SMILES string of the molecule is Cn1c(=O)n(C2CCC(=O)NC2=O)c2cccc(CCCCN(CCNC(=O)OC(C)(C)C)CC(=O)N3CCC(c4ccc(Nc5nc(N6CCCCC6)cnc5C(N)O)cc4)CC3)c21. The van der Waals surface area contributed by atoms with Gasteiger partial charge in [-0.1, -0.05) is 24.3 Å². The van der Waals surface area contributed by atoms with Gasteiger partial charge in [0.05, 0.1) is 23.8 Å². The van der Waals surface area contributed by atoms with Gasteiger partial charge >= 0.3 is 11.8 Å². The molecule has 0 bridgehead atoms. The molecule has 2 aromatic carbocycles. The minimum atomic E-state index is -1.27. The van der Waals surface area contributed by atoms with Crippen molar-refractivity contribution in [3.05, 3.63) is 76.0 Å². The fourth-order valence-electron chi connectivity index (χ4n) is 9.20. The van der Waals surface area contributed by atoms with E-state index in [1.807, 2.05) is 56.0 Å². The lowest BCUT2D eigenvalue weighted by molar-refractivity contribution is -0.136. The van der Waals surface area contributed by atoms with E-state index in [0.717, 1.165) is 74.2 Å². The van der Waals surface area contributed by atoms with Crippen LogP contribution in [0.4, 0.5) is 22.1 Å². The Hall–Kier alpha value is -5.85. The number of imidazole rings is 1. The highest BCUT2D eigenvalue weighted by Gasteiger charge is 2.32. The van der Waals surface area contributed by atoms with Crippen LogP contribution in [0.25, 0.3) is 11.0 Å². The molecule has 0 aliphatic carbocycles. The number of nitrogens with one attached hydrogen (secondary N) is 3. The number of aliphatic hydroxyl groups is 1. The number of hydrogen-bond acceptors (Lipinski definition) is 13. The molecule has 3 aliphatic heterocycles. The molecule has 6 N–H and O–H groups in total. The van der Waals surface area contributed by atoms with Crippen molar-refractivity contribution >= 4 is 52.2 Å². The van der Waals surface area contributed by atoms with Crippen LogP contribution in [0.15, 0.2) is 53.5 Å². The number of anilines is 3. The molecule has 2 aromatic heterocycles.